The maximum absolute atomic E-state index is 5.61. The monoisotopic (exact) mass is 176 g/mol. The van der Waals surface area contributed by atoms with Gasteiger partial charge in [-0.3, -0.25) is 0 Å². The molecule has 2 rings (SSSR count). The second-order valence-electron chi connectivity index (χ2n) is 3.56. The largest absolute Gasteiger partial charge is 0.326 e. The quantitative estimate of drug-likeness (QED) is 0.665. The van der Waals surface area contributed by atoms with Gasteiger partial charge in [0.2, 0.25) is 0 Å². The maximum Gasteiger partial charge on any atom is 0.0178 e. The molecule has 3 N–H and O–H groups in total. The summed E-state index contributed by atoms with van der Waals surface area (Å²) in [7, 11) is 0. The first-order valence-electron chi connectivity index (χ1n) is 4.91. The Bertz CT molecular complexity index is 294. The number of benzene rings is 1. The minimum Gasteiger partial charge on any atom is -0.326 e. The van der Waals surface area contributed by atoms with E-state index in [1.165, 1.54) is 16.7 Å². The van der Waals surface area contributed by atoms with E-state index in [1.54, 1.807) is 0 Å². The van der Waals surface area contributed by atoms with Crippen molar-refractivity contribution < 1.29 is 0 Å². The summed E-state index contributed by atoms with van der Waals surface area (Å²) in [5, 5.41) is 3.40. The van der Waals surface area contributed by atoms with Gasteiger partial charge in [0, 0.05) is 6.54 Å². The molecule has 13 heavy (non-hydrogen) atoms. The molecule has 0 aliphatic carbocycles. The lowest BCUT2D eigenvalue weighted by Crippen LogP contribution is -2.16. The van der Waals surface area contributed by atoms with Crippen LogP contribution in [0.4, 0.5) is 0 Å². The van der Waals surface area contributed by atoms with Crippen molar-refractivity contribution in [2.75, 3.05) is 13.1 Å². The van der Waals surface area contributed by atoms with E-state index in [0.29, 0.717) is 6.54 Å². The van der Waals surface area contributed by atoms with E-state index in [2.05, 4.69) is 23.5 Å². The van der Waals surface area contributed by atoms with E-state index in [1.807, 2.05) is 0 Å². The number of hydrogen-bond acceptors (Lipinski definition) is 2. The van der Waals surface area contributed by atoms with Crippen LogP contribution in [0.25, 0.3) is 0 Å². The number of fused-ring (bicyclic) bond motifs is 1. The molecule has 0 amide bonds. The maximum atomic E-state index is 5.61. The van der Waals surface area contributed by atoms with Gasteiger partial charge in [-0.05, 0) is 42.6 Å². The molecule has 1 aliphatic rings. The van der Waals surface area contributed by atoms with Crippen molar-refractivity contribution in [2.24, 2.45) is 5.73 Å². The van der Waals surface area contributed by atoms with Crippen LogP contribution in [-0.4, -0.2) is 13.1 Å². The van der Waals surface area contributed by atoms with Gasteiger partial charge < -0.3 is 11.1 Å². The average molecular weight is 176 g/mol. The lowest BCUT2D eigenvalue weighted by atomic mass is 10.0. The minimum atomic E-state index is 0.653. The lowest BCUT2D eigenvalue weighted by Gasteiger charge is -2.06. The third-order valence-corrected chi connectivity index (χ3v) is 2.65. The van der Waals surface area contributed by atoms with E-state index in [-0.39, 0.29) is 0 Å². The molecule has 0 bridgehead atoms. The Kier molecular flexibility index (Phi) is 2.62. The molecule has 0 unspecified atom stereocenters. The molecule has 1 aromatic carbocycles. The molecule has 70 valence electrons. The van der Waals surface area contributed by atoms with Crippen LogP contribution >= 0.6 is 0 Å². The number of rotatable bonds is 1. The first-order valence-corrected chi connectivity index (χ1v) is 4.91. The predicted octanol–water partition coefficient (Wildman–Crippen LogP) is 0.833. The summed E-state index contributed by atoms with van der Waals surface area (Å²) in [4.78, 5) is 0. The second-order valence-corrected chi connectivity index (χ2v) is 3.56. The molecule has 1 aliphatic heterocycles. The first-order chi connectivity index (χ1) is 6.40. The first kappa shape index (κ1) is 8.73. The zero-order chi connectivity index (χ0) is 9.10. The molecule has 2 heteroatoms. The third kappa shape index (κ3) is 1.90. The van der Waals surface area contributed by atoms with Gasteiger partial charge in [-0.15, -0.1) is 0 Å². The van der Waals surface area contributed by atoms with Gasteiger partial charge >= 0.3 is 0 Å². The van der Waals surface area contributed by atoms with Crippen LogP contribution in [0.15, 0.2) is 18.2 Å². The fourth-order valence-corrected chi connectivity index (χ4v) is 1.85. The molecule has 1 heterocycles. The molecular weight excluding hydrogens is 160 g/mol. The highest BCUT2D eigenvalue weighted by Crippen LogP contribution is 2.14. The predicted molar refractivity (Wildman–Crippen MR) is 54.6 cm³/mol. The minimum absolute atomic E-state index is 0.653. The Morgan fingerprint density at radius 1 is 1.15 bits per heavy atom. The van der Waals surface area contributed by atoms with Gasteiger partial charge in [0.1, 0.15) is 0 Å². The van der Waals surface area contributed by atoms with Gasteiger partial charge in [-0.2, -0.15) is 0 Å². The van der Waals surface area contributed by atoms with E-state index in [0.717, 1.165) is 25.9 Å². The molecule has 0 fully saturated rings. The van der Waals surface area contributed by atoms with Crippen molar-refractivity contribution >= 4 is 0 Å². The van der Waals surface area contributed by atoms with Crippen LogP contribution in [0.2, 0.25) is 0 Å². The molecule has 0 atom stereocenters. The Morgan fingerprint density at radius 2 is 1.92 bits per heavy atom. The molecular formula is C11H16N2. The second kappa shape index (κ2) is 3.90. The molecule has 1 aromatic rings. The van der Waals surface area contributed by atoms with E-state index >= 15 is 0 Å². The zero-order valence-electron chi connectivity index (χ0n) is 7.84. The van der Waals surface area contributed by atoms with Gasteiger partial charge in [0.15, 0.2) is 0 Å². The lowest BCUT2D eigenvalue weighted by molar-refractivity contribution is 0.711. The summed E-state index contributed by atoms with van der Waals surface area (Å²) < 4.78 is 0. The fraction of sp³-hybridized carbons (Fsp3) is 0.455. The standard InChI is InChI=1S/C11H16N2/c12-8-9-1-2-10-3-5-13-6-4-11(10)7-9/h1-2,7,13H,3-6,8,12H2. The fourth-order valence-electron chi connectivity index (χ4n) is 1.85. The number of nitrogens with two attached hydrogens (primary N) is 1. The van der Waals surface area contributed by atoms with Gasteiger partial charge in [0.25, 0.3) is 0 Å². The van der Waals surface area contributed by atoms with Crippen LogP contribution in [0, 0.1) is 0 Å². The van der Waals surface area contributed by atoms with Crippen LogP contribution in [0.3, 0.4) is 0 Å². The van der Waals surface area contributed by atoms with Crippen molar-refractivity contribution in [3.8, 4) is 0 Å². The molecule has 0 saturated heterocycles. The topological polar surface area (TPSA) is 38.0 Å². The highest BCUT2D eigenvalue weighted by Gasteiger charge is 2.06. The van der Waals surface area contributed by atoms with Crippen LogP contribution in [0.1, 0.15) is 16.7 Å². The number of nitrogens with one attached hydrogen (secondary N) is 1. The van der Waals surface area contributed by atoms with Crippen molar-refractivity contribution in [3.05, 3.63) is 34.9 Å². The number of hydrogen-bond donors (Lipinski definition) is 2. The third-order valence-electron chi connectivity index (χ3n) is 2.65. The van der Waals surface area contributed by atoms with E-state index in [9.17, 15) is 0 Å². The van der Waals surface area contributed by atoms with Gasteiger partial charge in [-0.25, -0.2) is 0 Å². The summed E-state index contributed by atoms with van der Waals surface area (Å²) in [5.41, 5.74) is 9.82. The van der Waals surface area contributed by atoms with Gasteiger partial charge in [0.05, 0.1) is 0 Å². The summed E-state index contributed by atoms with van der Waals surface area (Å²) in [6.45, 7) is 2.86. The Balaban J connectivity index is 2.32. The molecule has 2 nitrogen and oxygen atoms in total. The molecule has 0 radical (unpaired) electrons. The van der Waals surface area contributed by atoms with E-state index < -0.39 is 0 Å². The molecule has 0 saturated carbocycles. The average Bonchev–Trinajstić information content (AvgIpc) is 2.41. The highest BCUT2D eigenvalue weighted by molar-refractivity contribution is 5.33. The van der Waals surface area contributed by atoms with Crippen molar-refractivity contribution in [1.29, 1.82) is 0 Å². The zero-order valence-corrected chi connectivity index (χ0v) is 7.84. The van der Waals surface area contributed by atoms with Crippen LogP contribution in [-0.2, 0) is 19.4 Å². The Morgan fingerprint density at radius 3 is 2.69 bits per heavy atom. The molecule has 0 aromatic heterocycles. The summed E-state index contributed by atoms with van der Waals surface area (Å²) in [5.74, 6) is 0. The Labute approximate surface area is 79.1 Å². The van der Waals surface area contributed by atoms with Crippen molar-refractivity contribution in [1.82, 2.24) is 5.32 Å². The van der Waals surface area contributed by atoms with Gasteiger partial charge in [-0.1, -0.05) is 18.2 Å². The summed E-state index contributed by atoms with van der Waals surface area (Å²) in [6, 6.07) is 6.62. The van der Waals surface area contributed by atoms with Crippen molar-refractivity contribution in [2.45, 2.75) is 19.4 Å². The van der Waals surface area contributed by atoms with Crippen LogP contribution in [0.5, 0.6) is 0 Å². The molecule has 0 spiro atoms. The van der Waals surface area contributed by atoms with Crippen LogP contribution < -0.4 is 11.1 Å². The SMILES string of the molecule is NCc1ccc2c(c1)CCNCC2. The summed E-state index contributed by atoms with van der Waals surface area (Å²) in [6.07, 6.45) is 2.29. The Hall–Kier alpha value is -0.860. The normalized spacial score (nSPS) is 16.4. The highest BCUT2D eigenvalue weighted by atomic mass is 14.8. The van der Waals surface area contributed by atoms with E-state index in [4.69, 9.17) is 5.73 Å². The summed E-state index contributed by atoms with van der Waals surface area (Å²) >= 11 is 0. The van der Waals surface area contributed by atoms with Crippen molar-refractivity contribution in [3.63, 3.8) is 0 Å². The smallest absolute Gasteiger partial charge is 0.0178 e.